The molecule has 0 saturated carbocycles. The Labute approximate surface area is 131 Å². The lowest BCUT2D eigenvalue weighted by Crippen LogP contribution is -2.37. The summed E-state index contributed by atoms with van der Waals surface area (Å²) in [4.78, 5) is 11.7. The molecule has 0 unspecified atom stereocenters. The Kier molecular flexibility index (Phi) is 6.62. The number of phenols is 1. The van der Waals surface area contributed by atoms with Crippen LogP contribution in [0.1, 0.15) is 25.5 Å². The minimum absolute atomic E-state index is 0. The van der Waals surface area contributed by atoms with E-state index in [0.29, 0.717) is 10.0 Å². The molecule has 0 bridgehead atoms. The Morgan fingerprint density at radius 2 is 2.05 bits per heavy atom. The monoisotopic (exact) mass is 371 g/mol. The van der Waals surface area contributed by atoms with E-state index in [4.69, 9.17) is 22.1 Å². The molecule has 7 heteroatoms. The molecule has 0 aliphatic heterocycles. The summed E-state index contributed by atoms with van der Waals surface area (Å²) in [5, 5.41) is 10.2. The quantitative estimate of drug-likeness (QED) is 0.797. The number of phenolic OH excluding ortho intramolecular Hbond substituents is 1. The van der Waals surface area contributed by atoms with E-state index in [1.54, 1.807) is 26.0 Å². The first-order valence-electron chi connectivity index (χ1n) is 5.24. The molecule has 4 nitrogen and oxygen atoms in total. The predicted octanol–water partition coefficient (Wildman–Crippen LogP) is 3.43. The first-order chi connectivity index (χ1) is 8.23. The Morgan fingerprint density at radius 1 is 1.53 bits per heavy atom. The van der Waals surface area contributed by atoms with Crippen LogP contribution in [0.5, 0.6) is 5.75 Å². The predicted molar refractivity (Wildman–Crippen MR) is 80.8 cm³/mol. The van der Waals surface area contributed by atoms with Crippen molar-refractivity contribution in [3.8, 4) is 5.75 Å². The third-order valence-electron chi connectivity index (χ3n) is 2.91. The fourth-order valence-electron chi connectivity index (χ4n) is 1.60. The number of carbonyl (C=O) groups is 1. The number of ether oxygens (including phenoxy) is 1. The maximum Gasteiger partial charge on any atom is 0.313 e. The lowest BCUT2D eigenvalue weighted by Gasteiger charge is -2.30. The Hall–Kier alpha value is -0.490. The van der Waals surface area contributed by atoms with E-state index < -0.39 is 17.4 Å². The smallest absolute Gasteiger partial charge is 0.313 e. The van der Waals surface area contributed by atoms with Crippen molar-refractivity contribution in [2.24, 2.45) is 11.1 Å². The summed E-state index contributed by atoms with van der Waals surface area (Å²) in [6.45, 7) is 3.30. The molecule has 1 rings (SSSR count). The summed E-state index contributed by atoms with van der Waals surface area (Å²) in [5.74, 6) is -0.586. The summed E-state index contributed by atoms with van der Waals surface area (Å²) in [5.41, 5.74) is 5.47. The third-order valence-corrected chi connectivity index (χ3v) is 3.91. The second-order valence-corrected chi connectivity index (χ2v) is 5.74. The van der Waals surface area contributed by atoms with Gasteiger partial charge in [-0.3, -0.25) is 4.79 Å². The van der Waals surface area contributed by atoms with Crippen LogP contribution in [0.2, 0.25) is 5.02 Å². The highest BCUT2D eigenvalue weighted by atomic mass is 79.9. The van der Waals surface area contributed by atoms with Crippen molar-refractivity contribution in [3.05, 3.63) is 27.2 Å². The maximum atomic E-state index is 11.7. The van der Waals surface area contributed by atoms with Gasteiger partial charge in [-0.05, 0) is 26.0 Å². The molecule has 0 radical (unpaired) electrons. The largest absolute Gasteiger partial charge is 0.506 e. The van der Waals surface area contributed by atoms with Crippen LogP contribution in [0.4, 0.5) is 0 Å². The summed E-state index contributed by atoms with van der Waals surface area (Å²) in [6.07, 6.45) is 0. The Balaban J connectivity index is 0.00000324. The zero-order valence-electron chi connectivity index (χ0n) is 10.7. The summed E-state index contributed by atoms with van der Waals surface area (Å²) in [7, 11) is 1.30. The molecule has 1 aromatic carbocycles. The summed E-state index contributed by atoms with van der Waals surface area (Å²) >= 11 is 9.15. The van der Waals surface area contributed by atoms with E-state index in [1.165, 1.54) is 7.11 Å². The van der Waals surface area contributed by atoms with Gasteiger partial charge < -0.3 is 15.6 Å². The van der Waals surface area contributed by atoms with Crippen LogP contribution >= 0.6 is 39.9 Å². The zero-order valence-corrected chi connectivity index (χ0v) is 13.9. The van der Waals surface area contributed by atoms with Crippen molar-refractivity contribution in [1.82, 2.24) is 0 Å². The summed E-state index contributed by atoms with van der Waals surface area (Å²) in [6, 6.07) is 2.46. The normalized spacial score (nSPS) is 12.5. The molecule has 0 spiro atoms. The van der Waals surface area contributed by atoms with E-state index in [0.717, 1.165) is 0 Å². The van der Waals surface area contributed by atoms with Gasteiger partial charge in [0.2, 0.25) is 0 Å². The zero-order chi connectivity index (χ0) is 14.1. The molecule has 1 aromatic rings. The van der Waals surface area contributed by atoms with E-state index in [9.17, 15) is 9.90 Å². The average molecular weight is 373 g/mol. The fourth-order valence-corrected chi connectivity index (χ4v) is 2.33. The van der Waals surface area contributed by atoms with Gasteiger partial charge in [0.05, 0.1) is 23.6 Å². The number of rotatable bonds is 3. The van der Waals surface area contributed by atoms with Crippen LogP contribution in [-0.2, 0) is 9.53 Å². The van der Waals surface area contributed by atoms with Gasteiger partial charge >= 0.3 is 5.97 Å². The number of hydrogen-bond donors (Lipinski definition) is 2. The van der Waals surface area contributed by atoms with Crippen molar-refractivity contribution in [1.29, 1.82) is 0 Å². The van der Waals surface area contributed by atoms with Gasteiger partial charge in [-0.25, -0.2) is 0 Å². The number of hydrogen-bond acceptors (Lipinski definition) is 4. The standard InChI is InChI=1S/C12H15BrClNO3.ClH/c1-12(2,11(17)18-3)10(15)8-6(13)4-5-7(14)9(8)16;/h4-5,10,16H,15H2,1-3H3;1H/t10-;/m0./s1. The van der Waals surface area contributed by atoms with E-state index >= 15 is 0 Å². The van der Waals surface area contributed by atoms with Crippen molar-refractivity contribution >= 4 is 45.9 Å². The van der Waals surface area contributed by atoms with E-state index in [-0.39, 0.29) is 23.2 Å². The molecule has 0 aromatic heterocycles. The van der Waals surface area contributed by atoms with Crippen LogP contribution in [0.25, 0.3) is 0 Å². The molecule has 3 N–H and O–H groups in total. The highest BCUT2D eigenvalue weighted by Crippen LogP contribution is 2.43. The van der Waals surface area contributed by atoms with E-state index in [1.807, 2.05) is 0 Å². The van der Waals surface area contributed by atoms with Gasteiger partial charge in [-0.1, -0.05) is 27.5 Å². The average Bonchev–Trinajstić information content (AvgIpc) is 2.33. The molecule has 0 aliphatic rings. The first kappa shape index (κ1) is 18.5. The van der Waals surface area contributed by atoms with Crippen molar-refractivity contribution in [3.63, 3.8) is 0 Å². The minimum Gasteiger partial charge on any atom is -0.506 e. The van der Waals surface area contributed by atoms with Crippen molar-refractivity contribution < 1.29 is 14.6 Å². The Morgan fingerprint density at radius 3 is 2.53 bits per heavy atom. The number of methoxy groups -OCH3 is 1. The highest BCUT2D eigenvalue weighted by Gasteiger charge is 2.39. The number of benzene rings is 1. The molecular weight excluding hydrogens is 357 g/mol. The Bertz CT molecular complexity index is 480. The number of carbonyl (C=O) groups excluding carboxylic acids is 1. The van der Waals surface area contributed by atoms with Gasteiger partial charge in [0.15, 0.2) is 0 Å². The lowest BCUT2D eigenvalue weighted by molar-refractivity contribution is -0.152. The van der Waals surface area contributed by atoms with Crippen molar-refractivity contribution in [2.45, 2.75) is 19.9 Å². The van der Waals surface area contributed by atoms with Crippen molar-refractivity contribution in [2.75, 3.05) is 7.11 Å². The second-order valence-electron chi connectivity index (χ2n) is 4.48. The maximum absolute atomic E-state index is 11.7. The minimum atomic E-state index is -0.987. The molecule has 0 aliphatic carbocycles. The van der Waals surface area contributed by atoms with Crippen LogP contribution in [0, 0.1) is 5.41 Å². The SMILES string of the molecule is COC(=O)C(C)(C)[C@@H](N)c1c(Br)ccc(Cl)c1O.Cl. The molecule has 1 atom stereocenters. The molecular formula is C12H16BrCl2NO3. The molecule has 19 heavy (non-hydrogen) atoms. The third kappa shape index (κ3) is 3.54. The van der Waals surface area contributed by atoms with Crippen LogP contribution < -0.4 is 5.73 Å². The highest BCUT2D eigenvalue weighted by molar-refractivity contribution is 9.10. The molecule has 108 valence electrons. The van der Waals surface area contributed by atoms with Gasteiger partial charge in [0.1, 0.15) is 5.75 Å². The lowest BCUT2D eigenvalue weighted by atomic mass is 9.80. The molecule has 0 fully saturated rings. The number of aromatic hydroxyl groups is 1. The number of nitrogens with two attached hydrogens (primary N) is 1. The number of halogens is 3. The number of esters is 1. The van der Waals surface area contributed by atoms with Gasteiger partial charge in [0, 0.05) is 10.0 Å². The van der Waals surface area contributed by atoms with Gasteiger partial charge in [-0.2, -0.15) is 0 Å². The van der Waals surface area contributed by atoms with Crippen LogP contribution in [0.15, 0.2) is 16.6 Å². The van der Waals surface area contributed by atoms with Crippen LogP contribution in [-0.4, -0.2) is 18.2 Å². The molecule has 0 saturated heterocycles. The summed E-state index contributed by atoms with van der Waals surface area (Å²) < 4.78 is 5.31. The van der Waals surface area contributed by atoms with Gasteiger partial charge in [-0.15, -0.1) is 12.4 Å². The first-order valence-corrected chi connectivity index (χ1v) is 6.41. The second kappa shape index (κ2) is 6.79. The molecule has 0 amide bonds. The topological polar surface area (TPSA) is 72.5 Å². The van der Waals surface area contributed by atoms with E-state index in [2.05, 4.69) is 15.9 Å². The van der Waals surface area contributed by atoms with Crippen LogP contribution in [0.3, 0.4) is 0 Å². The fraction of sp³-hybridized carbons (Fsp3) is 0.417. The molecule has 0 heterocycles. The van der Waals surface area contributed by atoms with Gasteiger partial charge in [0.25, 0.3) is 0 Å².